The van der Waals surface area contributed by atoms with Crippen LogP contribution in [0, 0.1) is 11.6 Å². The Morgan fingerprint density at radius 3 is 2.20 bits per heavy atom. The van der Waals surface area contributed by atoms with Crippen molar-refractivity contribution in [3.63, 3.8) is 0 Å². The number of allylic oxidation sites excluding steroid dienone is 1. The van der Waals surface area contributed by atoms with Gasteiger partial charge in [-0.2, -0.15) is 0 Å². The highest BCUT2D eigenvalue weighted by molar-refractivity contribution is 5.87. The van der Waals surface area contributed by atoms with Gasteiger partial charge in [0.05, 0.1) is 5.70 Å². The second-order valence-electron chi connectivity index (χ2n) is 5.05. The zero-order chi connectivity index (χ0) is 15.3. The zero-order valence-corrected chi connectivity index (χ0v) is 11.4. The topological polar surface area (TPSA) is 55.4 Å². The number of carbonyl (C=O) groups is 2. The van der Waals surface area contributed by atoms with Crippen LogP contribution in [0.4, 0.5) is 13.6 Å². The fourth-order valence-electron chi connectivity index (χ4n) is 1.36. The molecule has 1 rings (SSSR count). The van der Waals surface area contributed by atoms with E-state index in [1.807, 2.05) is 0 Å². The molecule has 0 radical (unpaired) electrons. The lowest BCUT2D eigenvalue weighted by atomic mass is 10.2. The van der Waals surface area contributed by atoms with Crippen LogP contribution in [0.15, 0.2) is 23.9 Å². The number of nitrogens with one attached hydrogen (secondary N) is 1. The molecule has 4 nitrogen and oxygen atoms in total. The molecule has 0 atom stereocenters. The third kappa shape index (κ3) is 5.60. The van der Waals surface area contributed by atoms with E-state index in [4.69, 9.17) is 4.74 Å². The Balaban J connectivity index is 2.87. The Bertz CT molecular complexity index is 528. The Hall–Kier alpha value is -2.24. The highest BCUT2D eigenvalue weighted by Gasteiger charge is 2.16. The number of hydrogen-bond donors (Lipinski definition) is 1. The second kappa shape index (κ2) is 6.27. The normalized spacial score (nSPS) is 11.9. The Morgan fingerprint density at radius 1 is 1.20 bits per heavy atom. The van der Waals surface area contributed by atoms with Crippen LogP contribution in [-0.4, -0.2) is 18.0 Å². The maximum absolute atomic E-state index is 13.0. The summed E-state index contributed by atoms with van der Waals surface area (Å²) in [5, 5.41) is 2.20. The monoisotopic (exact) mass is 283 g/mol. The predicted molar refractivity (Wildman–Crippen MR) is 69.8 cm³/mol. The van der Waals surface area contributed by atoms with Gasteiger partial charge in [-0.05, 0) is 44.5 Å². The SMILES string of the molecule is CC(C)(C)OC(=O)N/C(C=O)=C\c1cc(F)cc(F)c1. The molecule has 0 saturated heterocycles. The minimum Gasteiger partial charge on any atom is -0.444 e. The van der Waals surface area contributed by atoms with Gasteiger partial charge in [0.25, 0.3) is 0 Å². The largest absolute Gasteiger partial charge is 0.444 e. The highest BCUT2D eigenvalue weighted by Crippen LogP contribution is 2.11. The van der Waals surface area contributed by atoms with E-state index in [1.54, 1.807) is 20.8 Å². The van der Waals surface area contributed by atoms with Crippen molar-refractivity contribution in [2.75, 3.05) is 0 Å². The van der Waals surface area contributed by atoms with E-state index in [-0.39, 0.29) is 11.3 Å². The molecule has 1 aromatic rings. The summed E-state index contributed by atoms with van der Waals surface area (Å²) in [4.78, 5) is 22.3. The average Bonchev–Trinajstić information content (AvgIpc) is 2.23. The number of benzene rings is 1. The van der Waals surface area contributed by atoms with Crippen LogP contribution < -0.4 is 5.32 Å². The standard InChI is InChI=1S/C14H15F2NO3/c1-14(2,3)20-13(19)17-12(8-18)6-9-4-10(15)7-11(16)5-9/h4-8H,1-3H3,(H,17,19)/b12-6-. The van der Waals surface area contributed by atoms with Crippen LogP contribution in [0.5, 0.6) is 0 Å². The molecule has 0 spiro atoms. The maximum Gasteiger partial charge on any atom is 0.412 e. The lowest BCUT2D eigenvalue weighted by Crippen LogP contribution is -2.32. The van der Waals surface area contributed by atoms with Crippen molar-refractivity contribution in [1.82, 2.24) is 5.32 Å². The number of carbonyl (C=O) groups excluding carboxylic acids is 2. The quantitative estimate of drug-likeness (QED) is 0.685. The molecule has 0 saturated carbocycles. The summed E-state index contributed by atoms with van der Waals surface area (Å²) in [5.74, 6) is -1.56. The van der Waals surface area contributed by atoms with Crippen LogP contribution in [0.3, 0.4) is 0 Å². The zero-order valence-electron chi connectivity index (χ0n) is 11.4. The first-order valence-electron chi connectivity index (χ1n) is 5.82. The van der Waals surface area contributed by atoms with Crippen molar-refractivity contribution in [2.24, 2.45) is 0 Å². The number of halogens is 2. The fourth-order valence-corrected chi connectivity index (χ4v) is 1.36. The number of rotatable bonds is 3. The molecule has 1 amide bonds. The predicted octanol–water partition coefficient (Wildman–Crippen LogP) is 3.03. The molecule has 0 aromatic heterocycles. The number of amides is 1. The summed E-state index contributed by atoms with van der Waals surface area (Å²) in [6.45, 7) is 5.00. The maximum atomic E-state index is 13.0. The number of hydrogen-bond acceptors (Lipinski definition) is 3. The smallest absolute Gasteiger partial charge is 0.412 e. The van der Waals surface area contributed by atoms with Crippen molar-refractivity contribution < 1.29 is 23.1 Å². The third-order valence-corrected chi connectivity index (χ3v) is 1.98. The summed E-state index contributed by atoms with van der Waals surface area (Å²) in [7, 11) is 0. The Kier molecular flexibility index (Phi) is 4.96. The van der Waals surface area contributed by atoms with Crippen LogP contribution in [0.25, 0.3) is 6.08 Å². The van der Waals surface area contributed by atoms with E-state index in [9.17, 15) is 18.4 Å². The highest BCUT2D eigenvalue weighted by atomic mass is 19.1. The lowest BCUT2D eigenvalue weighted by Gasteiger charge is -2.19. The van der Waals surface area contributed by atoms with Gasteiger partial charge in [0.15, 0.2) is 6.29 Å². The van der Waals surface area contributed by atoms with Gasteiger partial charge in [0.1, 0.15) is 17.2 Å². The molecule has 1 aromatic carbocycles. The summed E-state index contributed by atoms with van der Waals surface area (Å²) < 4.78 is 31.0. The van der Waals surface area contributed by atoms with Crippen molar-refractivity contribution in [2.45, 2.75) is 26.4 Å². The molecule has 108 valence electrons. The molecule has 0 bridgehead atoms. The van der Waals surface area contributed by atoms with Crippen LogP contribution >= 0.6 is 0 Å². The molecule has 0 aliphatic carbocycles. The van der Waals surface area contributed by atoms with Crippen molar-refractivity contribution >= 4 is 18.5 Å². The van der Waals surface area contributed by atoms with Gasteiger partial charge in [-0.1, -0.05) is 0 Å². The van der Waals surface area contributed by atoms with Gasteiger partial charge in [0.2, 0.25) is 0 Å². The van der Waals surface area contributed by atoms with Gasteiger partial charge < -0.3 is 4.74 Å². The molecular weight excluding hydrogens is 268 g/mol. The molecule has 20 heavy (non-hydrogen) atoms. The van der Waals surface area contributed by atoms with Crippen LogP contribution in [0.2, 0.25) is 0 Å². The summed E-state index contributed by atoms with van der Waals surface area (Å²) in [5.41, 5.74) is -0.770. The van der Waals surface area contributed by atoms with E-state index in [0.717, 1.165) is 18.2 Å². The van der Waals surface area contributed by atoms with Crippen molar-refractivity contribution in [3.05, 3.63) is 41.1 Å². The fraction of sp³-hybridized carbons (Fsp3) is 0.286. The number of alkyl carbamates (subject to hydrolysis) is 1. The number of aldehydes is 1. The van der Waals surface area contributed by atoms with Gasteiger partial charge >= 0.3 is 6.09 Å². The molecule has 0 unspecified atom stereocenters. The molecule has 6 heteroatoms. The van der Waals surface area contributed by atoms with E-state index >= 15 is 0 Å². The summed E-state index contributed by atoms with van der Waals surface area (Å²) >= 11 is 0. The minimum atomic E-state index is -0.826. The number of ether oxygens (including phenoxy) is 1. The average molecular weight is 283 g/mol. The Morgan fingerprint density at radius 2 is 1.75 bits per heavy atom. The molecular formula is C14H15F2NO3. The molecule has 1 N–H and O–H groups in total. The first-order valence-corrected chi connectivity index (χ1v) is 5.82. The molecule has 0 heterocycles. The Labute approximate surface area is 115 Å². The van der Waals surface area contributed by atoms with Crippen LogP contribution in [-0.2, 0) is 9.53 Å². The van der Waals surface area contributed by atoms with E-state index < -0.39 is 23.3 Å². The first kappa shape index (κ1) is 15.8. The van der Waals surface area contributed by atoms with E-state index in [0.29, 0.717) is 12.4 Å². The van der Waals surface area contributed by atoms with Gasteiger partial charge in [-0.15, -0.1) is 0 Å². The molecule has 0 fully saturated rings. The third-order valence-electron chi connectivity index (χ3n) is 1.98. The van der Waals surface area contributed by atoms with E-state index in [1.165, 1.54) is 0 Å². The second-order valence-corrected chi connectivity index (χ2v) is 5.05. The molecule has 0 aliphatic heterocycles. The summed E-state index contributed by atoms with van der Waals surface area (Å²) in [6.07, 6.45) is 0.670. The van der Waals surface area contributed by atoms with Gasteiger partial charge in [0, 0.05) is 6.07 Å². The van der Waals surface area contributed by atoms with Crippen LogP contribution in [0.1, 0.15) is 26.3 Å². The van der Waals surface area contributed by atoms with Gasteiger partial charge in [-0.3, -0.25) is 10.1 Å². The van der Waals surface area contributed by atoms with E-state index in [2.05, 4.69) is 5.32 Å². The molecule has 0 aliphatic rings. The minimum absolute atomic E-state index is 0.112. The first-order chi connectivity index (χ1) is 9.19. The van der Waals surface area contributed by atoms with Crippen molar-refractivity contribution in [1.29, 1.82) is 0 Å². The summed E-state index contributed by atoms with van der Waals surface area (Å²) in [6, 6.07) is 2.77. The van der Waals surface area contributed by atoms with Crippen molar-refractivity contribution in [3.8, 4) is 0 Å². The lowest BCUT2D eigenvalue weighted by molar-refractivity contribution is -0.105. The van der Waals surface area contributed by atoms with Gasteiger partial charge in [-0.25, -0.2) is 13.6 Å².